The summed E-state index contributed by atoms with van der Waals surface area (Å²) in [6.07, 6.45) is 0.878. The van der Waals surface area contributed by atoms with Crippen molar-refractivity contribution < 1.29 is 28.7 Å². The minimum atomic E-state index is -0.836. The zero-order valence-electron chi connectivity index (χ0n) is 22.9. The Labute approximate surface area is 223 Å². The highest BCUT2D eigenvalue weighted by Crippen LogP contribution is 2.28. The molecule has 2 fully saturated rings. The van der Waals surface area contributed by atoms with Crippen LogP contribution in [0.15, 0.2) is 48.5 Å². The van der Waals surface area contributed by atoms with Gasteiger partial charge < -0.3 is 19.3 Å². The van der Waals surface area contributed by atoms with Crippen LogP contribution in [0.25, 0.3) is 0 Å². The van der Waals surface area contributed by atoms with Crippen molar-refractivity contribution in [3.05, 3.63) is 70.8 Å². The Morgan fingerprint density at radius 2 is 1.00 bits per heavy atom. The van der Waals surface area contributed by atoms with Crippen LogP contribution in [0.1, 0.15) is 95.8 Å². The van der Waals surface area contributed by atoms with Gasteiger partial charge in [-0.2, -0.15) is 0 Å². The van der Waals surface area contributed by atoms with Crippen molar-refractivity contribution in [1.29, 1.82) is 0 Å². The van der Waals surface area contributed by atoms with Crippen molar-refractivity contribution in [1.82, 2.24) is 9.80 Å². The number of carbonyl (C=O) groups excluding carboxylic acids is 4. The normalized spacial score (nSPS) is 18.6. The molecule has 2 saturated heterocycles. The highest BCUT2D eigenvalue weighted by atomic mass is 16.6. The fraction of sp³-hybridized carbons (Fsp3) is 0.467. The zero-order valence-corrected chi connectivity index (χ0v) is 22.9. The minimum Gasteiger partial charge on any atom is -0.456 e. The number of hydrogen-bond acceptors (Lipinski definition) is 6. The average molecular weight is 521 g/mol. The summed E-state index contributed by atoms with van der Waals surface area (Å²) in [4.78, 5) is 54.2. The van der Waals surface area contributed by atoms with Gasteiger partial charge in [0.1, 0.15) is 11.2 Å². The van der Waals surface area contributed by atoms with Crippen molar-refractivity contribution >= 4 is 23.8 Å². The number of rotatable bonds is 9. The molecule has 2 aromatic rings. The van der Waals surface area contributed by atoms with Gasteiger partial charge in [0, 0.05) is 36.3 Å². The van der Waals surface area contributed by atoms with Crippen molar-refractivity contribution in [2.75, 3.05) is 13.1 Å². The first-order valence-electron chi connectivity index (χ1n) is 13.1. The smallest absolute Gasteiger partial charge is 0.338 e. The first kappa shape index (κ1) is 27.4. The maximum Gasteiger partial charge on any atom is 0.338 e. The van der Waals surface area contributed by atoms with Gasteiger partial charge in [-0.05, 0) is 90.8 Å². The number of ether oxygens (including phenoxy) is 2. The predicted molar refractivity (Wildman–Crippen MR) is 142 cm³/mol. The lowest BCUT2D eigenvalue weighted by Gasteiger charge is -2.31. The lowest BCUT2D eigenvalue weighted by atomic mass is 9.93. The van der Waals surface area contributed by atoms with E-state index in [9.17, 15) is 19.2 Å². The van der Waals surface area contributed by atoms with Crippen molar-refractivity contribution in [3.63, 3.8) is 0 Å². The molecule has 202 valence electrons. The molecule has 0 aliphatic carbocycles. The number of carbonyl (C=O) groups is 4. The van der Waals surface area contributed by atoms with Crippen LogP contribution in [0.3, 0.4) is 0 Å². The Hall–Kier alpha value is -3.68. The second-order valence-electron chi connectivity index (χ2n) is 11.6. The molecule has 0 bridgehead atoms. The number of amides is 2. The van der Waals surface area contributed by atoms with Crippen LogP contribution < -0.4 is 0 Å². The maximum atomic E-state index is 12.9. The topological polar surface area (TPSA) is 92.8 Å². The number of esters is 2. The summed E-state index contributed by atoms with van der Waals surface area (Å²) in [6.45, 7) is 12.6. The first-order valence-corrected chi connectivity index (χ1v) is 13.1. The molecule has 0 aromatic heterocycles. The van der Waals surface area contributed by atoms with E-state index in [1.807, 2.05) is 13.8 Å². The first-order chi connectivity index (χ1) is 17.8. The van der Waals surface area contributed by atoms with E-state index in [0.717, 1.165) is 13.1 Å². The number of benzene rings is 2. The number of hydrogen-bond donors (Lipinski definition) is 0. The van der Waals surface area contributed by atoms with E-state index in [1.54, 1.807) is 86.0 Å². The molecule has 2 amide bonds. The van der Waals surface area contributed by atoms with E-state index < -0.39 is 23.1 Å². The molecule has 8 heteroatoms. The van der Waals surface area contributed by atoms with E-state index in [2.05, 4.69) is 0 Å². The van der Waals surface area contributed by atoms with Gasteiger partial charge in [0.2, 0.25) is 0 Å². The highest BCUT2D eigenvalue weighted by molar-refractivity contribution is 6.00. The highest BCUT2D eigenvalue weighted by Gasteiger charge is 2.36. The van der Waals surface area contributed by atoms with Gasteiger partial charge in [-0.3, -0.25) is 9.59 Å². The van der Waals surface area contributed by atoms with Crippen LogP contribution in [-0.4, -0.2) is 69.9 Å². The van der Waals surface area contributed by atoms with Crippen LogP contribution in [0.5, 0.6) is 0 Å². The molecule has 8 nitrogen and oxygen atoms in total. The average Bonchev–Trinajstić information content (AvgIpc) is 3.79. The summed E-state index contributed by atoms with van der Waals surface area (Å²) in [5, 5.41) is 0. The molecule has 0 saturated carbocycles. The lowest BCUT2D eigenvalue weighted by molar-refractivity contribution is -0.0325. The molecule has 0 spiro atoms. The van der Waals surface area contributed by atoms with Crippen LogP contribution in [0.2, 0.25) is 0 Å². The predicted octanol–water partition coefficient (Wildman–Crippen LogP) is 4.73. The number of nitrogens with zero attached hydrogens (tertiary/aromatic N) is 2. The molecular formula is C30H36N2O6. The molecular weight excluding hydrogens is 484 g/mol. The lowest BCUT2D eigenvalue weighted by Crippen LogP contribution is -2.34. The molecule has 4 rings (SSSR count). The second-order valence-corrected chi connectivity index (χ2v) is 11.6. The van der Waals surface area contributed by atoms with Gasteiger partial charge in [0.05, 0.1) is 11.1 Å². The third kappa shape index (κ3) is 6.60. The summed E-state index contributed by atoms with van der Waals surface area (Å²) in [5.74, 6) is -1.21. The Morgan fingerprint density at radius 1 is 0.684 bits per heavy atom. The van der Waals surface area contributed by atoms with E-state index >= 15 is 0 Å². The molecule has 2 aliphatic rings. The van der Waals surface area contributed by atoms with Gasteiger partial charge in [0.25, 0.3) is 11.8 Å². The Kier molecular flexibility index (Phi) is 7.37. The second kappa shape index (κ2) is 10.2. The third-order valence-corrected chi connectivity index (χ3v) is 7.00. The summed E-state index contributed by atoms with van der Waals surface area (Å²) in [5.41, 5.74) is -0.118. The molecule has 2 aromatic carbocycles. The summed E-state index contributed by atoms with van der Waals surface area (Å²) >= 11 is 0. The van der Waals surface area contributed by atoms with Crippen molar-refractivity contribution in [2.45, 2.75) is 77.7 Å². The van der Waals surface area contributed by atoms with Gasteiger partial charge in [-0.1, -0.05) is 12.1 Å². The molecule has 38 heavy (non-hydrogen) atoms. The Balaban J connectivity index is 1.32. The van der Waals surface area contributed by atoms with Crippen molar-refractivity contribution in [3.8, 4) is 0 Å². The van der Waals surface area contributed by atoms with Gasteiger partial charge in [-0.15, -0.1) is 0 Å². The standard InChI is InChI=1S/C30H36N2O6/c1-19-17-31(19)25(33)21-9-7-11-23(15-21)27(35)37-29(3,4)13-14-30(5,6)38-28(36)24-12-8-10-22(16-24)26(34)32-18-20(32)2/h7-12,15-16,19-20H,13-14,17-18H2,1-6H3. The fourth-order valence-electron chi connectivity index (χ4n) is 4.26. The monoisotopic (exact) mass is 520 g/mol. The van der Waals surface area contributed by atoms with Crippen molar-refractivity contribution in [2.24, 2.45) is 0 Å². The largest absolute Gasteiger partial charge is 0.456 e. The van der Waals surface area contributed by atoms with E-state index in [-0.39, 0.29) is 23.9 Å². The zero-order chi connectivity index (χ0) is 27.8. The van der Waals surface area contributed by atoms with E-state index in [4.69, 9.17) is 9.47 Å². The fourth-order valence-corrected chi connectivity index (χ4v) is 4.26. The van der Waals surface area contributed by atoms with Crippen LogP contribution >= 0.6 is 0 Å². The molecule has 2 unspecified atom stereocenters. The molecule has 2 aliphatic heterocycles. The molecule has 2 heterocycles. The van der Waals surface area contributed by atoms with Crippen LogP contribution in [0.4, 0.5) is 0 Å². The van der Waals surface area contributed by atoms with Crippen LogP contribution in [-0.2, 0) is 9.47 Å². The van der Waals surface area contributed by atoms with Gasteiger partial charge in [-0.25, -0.2) is 9.59 Å². The summed E-state index contributed by atoms with van der Waals surface area (Å²) in [7, 11) is 0. The summed E-state index contributed by atoms with van der Waals surface area (Å²) in [6, 6.07) is 13.6. The SMILES string of the molecule is CC1CN1C(=O)c1cccc(C(=O)OC(C)(C)CCC(C)(C)OC(=O)c2cccc(C(=O)N3CC3C)c2)c1. The molecule has 0 N–H and O–H groups in total. The quantitative estimate of drug-likeness (QED) is 0.351. The molecule has 2 atom stereocenters. The van der Waals surface area contributed by atoms with Gasteiger partial charge in [0.15, 0.2) is 0 Å². The van der Waals surface area contributed by atoms with E-state index in [0.29, 0.717) is 35.1 Å². The van der Waals surface area contributed by atoms with E-state index in [1.165, 1.54) is 0 Å². The third-order valence-electron chi connectivity index (χ3n) is 7.00. The minimum absolute atomic E-state index is 0.0931. The molecule has 0 radical (unpaired) electrons. The Morgan fingerprint density at radius 3 is 1.32 bits per heavy atom. The maximum absolute atomic E-state index is 12.9. The van der Waals surface area contributed by atoms with Gasteiger partial charge >= 0.3 is 11.9 Å². The summed E-state index contributed by atoms with van der Waals surface area (Å²) < 4.78 is 11.5. The van der Waals surface area contributed by atoms with Crippen LogP contribution in [0, 0.1) is 0 Å². The Bertz CT molecular complexity index is 1170.